The minimum atomic E-state index is -0.861. The maximum atomic E-state index is 12.3. The summed E-state index contributed by atoms with van der Waals surface area (Å²) in [5.74, 6) is 0.524. The highest BCUT2D eigenvalue weighted by Gasteiger charge is 2.19. The standard InChI is InChI=1S/C29H50N4O4S/c1-4-6-7-8-9-10-11-12-13-14-21-31-26(34)16-15-22-37-25-19-17-24(18-20-25)32-28(29(36)30-5-2)33-27(35)23-38-3/h17-20,28,32H,4-16,21-23H2,1-3H3,(H,30,36)(H,31,34)(H,33,35). The number of carbonyl (C=O) groups is 3. The molecule has 0 fully saturated rings. The van der Waals surface area contributed by atoms with Crippen molar-refractivity contribution >= 4 is 35.2 Å². The SMILES string of the molecule is CCCCCCCCCCCCNC(=O)CCCOc1ccc(NC(NC(=O)CSC)C(=O)NCC)cc1. The molecule has 1 aromatic rings. The number of likely N-dealkylation sites (N-methyl/N-ethyl adjacent to an activating group) is 1. The normalized spacial score (nSPS) is 11.4. The summed E-state index contributed by atoms with van der Waals surface area (Å²) < 4.78 is 5.75. The molecule has 0 saturated heterocycles. The molecular weight excluding hydrogens is 500 g/mol. The van der Waals surface area contributed by atoms with Crippen LogP contribution in [0, 0.1) is 0 Å². The molecule has 0 saturated carbocycles. The van der Waals surface area contributed by atoms with Gasteiger partial charge in [0.05, 0.1) is 12.4 Å². The smallest absolute Gasteiger partial charge is 0.263 e. The van der Waals surface area contributed by atoms with E-state index in [1.165, 1.54) is 69.5 Å². The first kappa shape index (κ1) is 33.6. The van der Waals surface area contributed by atoms with Gasteiger partial charge in [-0.2, -0.15) is 11.8 Å². The van der Waals surface area contributed by atoms with Gasteiger partial charge in [0.1, 0.15) is 5.75 Å². The van der Waals surface area contributed by atoms with Gasteiger partial charge < -0.3 is 26.0 Å². The van der Waals surface area contributed by atoms with Crippen LogP contribution in [0.25, 0.3) is 0 Å². The Hall–Kier alpha value is -2.42. The predicted molar refractivity (Wildman–Crippen MR) is 159 cm³/mol. The molecule has 8 nitrogen and oxygen atoms in total. The maximum Gasteiger partial charge on any atom is 0.263 e. The van der Waals surface area contributed by atoms with Crippen LogP contribution in [0.15, 0.2) is 24.3 Å². The van der Waals surface area contributed by atoms with Crippen LogP contribution in [0.4, 0.5) is 5.69 Å². The van der Waals surface area contributed by atoms with E-state index in [9.17, 15) is 14.4 Å². The van der Waals surface area contributed by atoms with Crippen molar-refractivity contribution in [3.63, 3.8) is 0 Å². The lowest BCUT2D eigenvalue weighted by Crippen LogP contribution is -2.51. The molecule has 0 spiro atoms. The van der Waals surface area contributed by atoms with Gasteiger partial charge in [0.2, 0.25) is 11.8 Å². The molecule has 1 unspecified atom stereocenters. The second-order valence-corrected chi connectivity index (χ2v) is 10.3. The van der Waals surface area contributed by atoms with Crippen molar-refractivity contribution in [3.8, 4) is 5.75 Å². The Morgan fingerprint density at radius 3 is 2.05 bits per heavy atom. The Morgan fingerprint density at radius 1 is 0.816 bits per heavy atom. The van der Waals surface area contributed by atoms with E-state index in [0.717, 1.165) is 13.0 Å². The largest absolute Gasteiger partial charge is 0.494 e. The molecule has 0 aliphatic carbocycles. The Bertz CT molecular complexity index is 776. The fourth-order valence-electron chi connectivity index (χ4n) is 3.94. The van der Waals surface area contributed by atoms with Gasteiger partial charge in [-0.05, 0) is 50.3 Å². The summed E-state index contributed by atoms with van der Waals surface area (Å²) in [5.41, 5.74) is 0.685. The Balaban J connectivity index is 2.19. The van der Waals surface area contributed by atoms with Crippen molar-refractivity contribution < 1.29 is 19.1 Å². The topological polar surface area (TPSA) is 109 Å². The third-order valence-electron chi connectivity index (χ3n) is 6.03. The molecule has 0 heterocycles. The number of hydrogen-bond donors (Lipinski definition) is 4. The van der Waals surface area contributed by atoms with Gasteiger partial charge >= 0.3 is 0 Å². The molecular formula is C29H50N4O4S. The second kappa shape index (κ2) is 22.6. The minimum Gasteiger partial charge on any atom is -0.494 e. The van der Waals surface area contributed by atoms with E-state index in [0.29, 0.717) is 37.4 Å². The van der Waals surface area contributed by atoms with Gasteiger partial charge in [-0.3, -0.25) is 14.4 Å². The van der Waals surface area contributed by atoms with Crippen LogP contribution in [0.5, 0.6) is 5.75 Å². The summed E-state index contributed by atoms with van der Waals surface area (Å²) in [5, 5.41) is 11.5. The van der Waals surface area contributed by atoms with Crippen molar-refractivity contribution in [2.24, 2.45) is 0 Å². The Morgan fingerprint density at radius 2 is 1.45 bits per heavy atom. The lowest BCUT2D eigenvalue weighted by molar-refractivity contribution is -0.127. The summed E-state index contributed by atoms with van der Waals surface area (Å²) >= 11 is 1.39. The Labute approximate surface area is 234 Å². The van der Waals surface area contributed by atoms with E-state index >= 15 is 0 Å². The van der Waals surface area contributed by atoms with Crippen LogP contribution in [0.2, 0.25) is 0 Å². The number of rotatable bonds is 23. The van der Waals surface area contributed by atoms with Crippen molar-refractivity contribution in [1.82, 2.24) is 16.0 Å². The number of thioether (sulfide) groups is 1. The first-order chi connectivity index (χ1) is 18.5. The maximum absolute atomic E-state index is 12.3. The summed E-state index contributed by atoms with van der Waals surface area (Å²) in [6, 6.07) is 7.18. The summed E-state index contributed by atoms with van der Waals surface area (Å²) in [6.07, 6.45) is 14.9. The molecule has 0 aliphatic rings. The van der Waals surface area contributed by atoms with Gasteiger partial charge in [0.25, 0.3) is 5.91 Å². The monoisotopic (exact) mass is 550 g/mol. The van der Waals surface area contributed by atoms with Crippen LogP contribution in [-0.4, -0.2) is 55.6 Å². The number of nitrogens with one attached hydrogen (secondary N) is 4. The molecule has 9 heteroatoms. The number of carbonyl (C=O) groups excluding carboxylic acids is 3. The third kappa shape index (κ3) is 17.2. The molecule has 1 atom stereocenters. The number of anilines is 1. The van der Waals surface area contributed by atoms with Crippen LogP contribution in [0.1, 0.15) is 90.9 Å². The van der Waals surface area contributed by atoms with Gasteiger partial charge in [-0.1, -0.05) is 64.7 Å². The Kier molecular flexibility index (Phi) is 19.9. The molecule has 216 valence electrons. The molecule has 3 amide bonds. The average Bonchev–Trinajstić information content (AvgIpc) is 2.90. The highest BCUT2D eigenvalue weighted by Crippen LogP contribution is 2.17. The zero-order valence-corrected chi connectivity index (χ0v) is 24.6. The lowest BCUT2D eigenvalue weighted by Gasteiger charge is -2.20. The van der Waals surface area contributed by atoms with E-state index in [4.69, 9.17) is 4.74 Å². The van der Waals surface area contributed by atoms with Crippen LogP contribution in [-0.2, 0) is 14.4 Å². The van der Waals surface area contributed by atoms with Gasteiger partial charge in [-0.25, -0.2) is 0 Å². The van der Waals surface area contributed by atoms with Crippen LogP contribution >= 0.6 is 11.8 Å². The van der Waals surface area contributed by atoms with E-state index in [1.54, 1.807) is 24.3 Å². The van der Waals surface area contributed by atoms with Crippen molar-refractivity contribution in [1.29, 1.82) is 0 Å². The zero-order valence-electron chi connectivity index (χ0n) is 23.7. The first-order valence-corrected chi connectivity index (χ1v) is 15.7. The van der Waals surface area contributed by atoms with Crippen LogP contribution in [0.3, 0.4) is 0 Å². The number of benzene rings is 1. The molecule has 0 aliphatic heterocycles. The van der Waals surface area contributed by atoms with E-state index in [2.05, 4.69) is 28.2 Å². The number of unbranched alkanes of at least 4 members (excludes halogenated alkanes) is 9. The van der Waals surface area contributed by atoms with Gasteiger partial charge in [-0.15, -0.1) is 0 Å². The lowest BCUT2D eigenvalue weighted by atomic mass is 10.1. The van der Waals surface area contributed by atoms with Gasteiger partial charge in [0, 0.05) is 25.2 Å². The minimum absolute atomic E-state index is 0.0731. The van der Waals surface area contributed by atoms with Crippen molar-refractivity contribution in [3.05, 3.63) is 24.3 Å². The zero-order chi connectivity index (χ0) is 27.8. The second-order valence-electron chi connectivity index (χ2n) is 9.48. The van der Waals surface area contributed by atoms with E-state index in [-0.39, 0.29) is 23.5 Å². The first-order valence-electron chi connectivity index (χ1n) is 14.3. The average molecular weight is 551 g/mol. The molecule has 4 N–H and O–H groups in total. The van der Waals surface area contributed by atoms with E-state index in [1.807, 2.05) is 13.2 Å². The highest BCUT2D eigenvalue weighted by atomic mass is 32.2. The molecule has 1 rings (SSSR count). The quantitative estimate of drug-likeness (QED) is 0.110. The summed E-state index contributed by atoms with van der Waals surface area (Å²) in [6.45, 7) is 5.75. The summed E-state index contributed by atoms with van der Waals surface area (Å²) in [4.78, 5) is 36.3. The molecule has 0 radical (unpaired) electrons. The highest BCUT2D eigenvalue weighted by molar-refractivity contribution is 7.99. The summed E-state index contributed by atoms with van der Waals surface area (Å²) in [7, 11) is 0. The third-order valence-corrected chi connectivity index (χ3v) is 6.58. The number of hydrogen-bond acceptors (Lipinski definition) is 6. The molecule has 38 heavy (non-hydrogen) atoms. The number of amides is 3. The van der Waals surface area contributed by atoms with Crippen molar-refractivity contribution in [2.75, 3.05) is 37.0 Å². The van der Waals surface area contributed by atoms with Gasteiger partial charge in [0.15, 0.2) is 6.17 Å². The fourth-order valence-corrected chi connectivity index (χ4v) is 4.29. The van der Waals surface area contributed by atoms with Crippen LogP contribution < -0.4 is 26.0 Å². The number of ether oxygens (including phenoxy) is 1. The molecule has 0 bridgehead atoms. The van der Waals surface area contributed by atoms with Crippen molar-refractivity contribution in [2.45, 2.75) is 97.1 Å². The van der Waals surface area contributed by atoms with E-state index < -0.39 is 6.17 Å². The predicted octanol–water partition coefficient (Wildman–Crippen LogP) is 5.24. The fraction of sp³-hybridized carbons (Fsp3) is 0.690. The molecule has 0 aromatic heterocycles. The molecule has 1 aromatic carbocycles.